The van der Waals surface area contributed by atoms with Gasteiger partial charge < -0.3 is 19.2 Å². The van der Waals surface area contributed by atoms with Crippen LogP contribution in [0.4, 0.5) is 0 Å². The van der Waals surface area contributed by atoms with Gasteiger partial charge in [-0.15, -0.1) is 11.3 Å². The second kappa shape index (κ2) is 8.59. The monoisotopic (exact) mass is 409 g/mol. The number of hydrogen-bond acceptors (Lipinski definition) is 5. The topological polar surface area (TPSA) is 74.0 Å². The quantitative estimate of drug-likeness (QED) is 0.484. The van der Waals surface area contributed by atoms with Gasteiger partial charge in [-0.2, -0.15) is 0 Å². The van der Waals surface area contributed by atoms with Gasteiger partial charge >= 0.3 is 0 Å². The van der Waals surface area contributed by atoms with Crippen LogP contribution in [0.25, 0.3) is 21.6 Å². The van der Waals surface area contributed by atoms with Crippen LogP contribution in [0.5, 0.6) is 0 Å². The van der Waals surface area contributed by atoms with E-state index in [1.165, 1.54) is 11.3 Å². The maximum Gasteiger partial charge on any atom is 0.270 e. The first-order valence-corrected chi connectivity index (χ1v) is 10.3. The number of nitrogens with zero attached hydrogens (tertiary/aromatic N) is 4. The Morgan fingerprint density at radius 2 is 2.14 bits per heavy atom. The number of aromatic nitrogens is 4. The lowest BCUT2D eigenvalue weighted by Gasteiger charge is -2.08. The smallest absolute Gasteiger partial charge is 0.270 e. The van der Waals surface area contributed by atoms with E-state index in [0.29, 0.717) is 25.4 Å². The molecule has 0 fully saturated rings. The van der Waals surface area contributed by atoms with E-state index in [9.17, 15) is 4.79 Å². The summed E-state index contributed by atoms with van der Waals surface area (Å²) in [6, 6.07) is 10.3. The van der Waals surface area contributed by atoms with Crippen LogP contribution in [0, 0.1) is 6.92 Å². The molecule has 4 rings (SSSR count). The number of benzene rings is 1. The van der Waals surface area contributed by atoms with E-state index in [0.717, 1.165) is 34.0 Å². The summed E-state index contributed by atoms with van der Waals surface area (Å²) < 4.78 is 9.47. The number of para-hydroxylation sites is 1. The molecular formula is C21H23N5O2S. The van der Waals surface area contributed by atoms with E-state index in [1.54, 1.807) is 13.3 Å². The average molecular weight is 410 g/mol. The molecular weight excluding hydrogens is 386 g/mol. The highest BCUT2D eigenvalue weighted by atomic mass is 32.1. The van der Waals surface area contributed by atoms with Crippen molar-refractivity contribution >= 4 is 28.1 Å². The molecule has 0 saturated heterocycles. The molecule has 0 aliphatic rings. The van der Waals surface area contributed by atoms with Crippen molar-refractivity contribution in [1.82, 2.24) is 24.4 Å². The van der Waals surface area contributed by atoms with E-state index in [2.05, 4.69) is 38.1 Å². The Morgan fingerprint density at radius 3 is 2.93 bits per heavy atom. The molecule has 1 aromatic carbocycles. The van der Waals surface area contributed by atoms with E-state index < -0.39 is 0 Å². The number of methoxy groups -OCH3 is 1. The van der Waals surface area contributed by atoms with E-state index in [1.807, 2.05) is 35.2 Å². The zero-order valence-corrected chi connectivity index (χ0v) is 17.3. The SMILES string of the molecule is COCCn1c(-c2nc(C(=O)NCCn3ccnc3C)cs2)cc2ccccc21. The van der Waals surface area contributed by atoms with Crippen LogP contribution in [-0.4, -0.2) is 45.3 Å². The van der Waals surface area contributed by atoms with E-state index in [4.69, 9.17) is 4.74 Å². The molecule has 0 bridgehead atoms. The Hall–Kier alpha value is -2.97. The third kappa shape index (κ3) is 4.08. The van der Waals surface area contributed by atoms with Crippen molar-refractivity contribution < 1.29 is 9.53 Å². The Morgan fingerprint density at radius 1 is 1.28 bits per heavy atom. The summed E-state index contributed by atoms with van der Waals surface area (Å²) in [4.78, 5) is 21.3. The molecule has 1 N–H and O–H groups in total. The molecule has 0 unspecified atom stereocenters. The third-order valence-corrected chi connectivity index (χ3v) is 5.71. The van der Waals surface area contributed by atoms with Crippen LogP contribution in [-0.2, 0) is 17.8 Å². The van der Waals surface area contributed by atoms with Gasteiger partial charge in [0.2, 0.25) is 0 Å². The van der Waals surface area contributed by atoms with Crippen molar-refractivity contribution in [2.75, 3.05) is 20.3 Å². The van der Waals surface area contributed by atoms with Crippen molar-refractivity contribution in [3.8, 4) is 10.7 Å². The van der Waals surface area contributed by atoms with Gasteiger partial charge in [0, 0.05) is 55.4 Å². The lowest BCUT2D eigenvalue weighted by Crippen LogP contribution is -2.27. The van der Waals surface area contributed by atoms with Gasteiger partial charge in [0.05, 0.1) is 12.3 Å². The molecule has 8 heteroatoms. The number of ether oxygens (including phenoxy) is 1. The number of imidazole rings is 1. The summed E-state index contributed by atoms with van der Waals surface area (Å²) in [6.45, 7) is 4.48. The lowest BCUT2D eigenvalue weighted by atomic mass is 10.2. The summed E-state index contributed by atoms with van der Waals surface area (Å²) >= 11 is 1.48. The number of carbonyl (C=O) groups is 1. The minimum atomic E-state index is -0.162. The molecule has 150 valence electrons. The van der Waals surface area contributed by atoms with Gasteiger partial charge in [-0.1, -0.05) is 18.2 Å². The van der Waals surface area contributed by atoms with Crippen molar-refractivity contribution in [3.63, 3.8) is 0 Å². The normalized spacial score (nSPS) is 11.2. The molecule has 0 atom stereocenters. The fourth-order valence-electron chi connectivity index (χ4n) is 3.33. The van der Waals surface area contributed by atoms with Crippen LogP contribution in [0.2, 0.25) is 0 Å². The minimum Gasteiger partial charge on any atom is -0.383 e. The molecule has 1 amide bonds. The Labute approximate surface area is 173 Å². The molecule has 29 heavy (non-hydrogen) atoms. The fraction of sp³-hybridized carbons (Fsp3) is 0.286. The van der Waals surface area contributed by atoms with Gasteiger partial charge in [0.25, 0.3) is 5.91 Å². The van der Waals surface area contributed by atoms with Crippen molar-refractivity contribution in [2.45, 2.75) is 20.0 Å². The average Bonchev–Trinajstić information content (AvgIpc) is 3.45. The van der Waals surface area contributed by atoms with E-state index in [-0.39, 0.29) is 5.91 Å². The van der Waals surface area contributed by atoms with Gasteiger partial charge in [-0.25, -0.2) is 9.97 Å². The first kappa shape index (κ1) is 19.4. The Kier molecular flexibility index (Phi) is 5.73. The van der Waals surface area contributed by atoms with Gasteiger partial charge in [0.15, 0.2) is 0 Å². The van der Waals surface area contributed by atoms with Crippen molar-refractivity contribution in [2.24, 2.45) is 0 Å². The predicted octanol–water partition coefficient (Wildman–Crippen LogP) is 3.35. The first-order valence-electron chi connectivity index (χ1n) is 9.46. The number of amides is 1. The van der Waals surface area contributed by atoms with Crippen molar-refractivity contribution in [1.29, 1.82) is 0 Å². The summed E-state index contributed by atoms with van der Waals surface area (Å²) in [7, 11) is 1.70. The number of fused-ring (bicyclic) bond motifs is 1. The zero-order chi connectivity index (χ0) is 20.2. The van der Waals surface area contributed by atoms with Crippen molar-refractivity contribution in [3.05, 3.63) is 59.6 Å². The Balaban J connectivity index is 1.51. The molecule has 0 spiro atoms. The molecule has 0 aliphatic carbocycles. The predicted molar refractivity (Wildman–Crippen MR) is 114 cm³/mol. The van der Waals surface area contributed by atoms with Crippen LogP contribution in [0.1, 0.15) is 16.3 Å². The number of thiazole rings is 1. The third-order valence-electron chi connectivity index (χ3n) is 4.85. The highest BCUT2D eigenvalue weighted by molar-refractivity contribution is 7.13. The standard InChI is InChI=1S/C21H23N5O2S/c1-15-22-7-9-25(15)10-8-23-20(27)17-14-29-21(24-17)19-13-16-5-3-4-6-18(16)26(19)11-12-28-2/h3-7,9,13-14H,8,10-12H2,1-2H3,(H,23,27). The number of nitrogens with one attached hydrogen (secondary N) is 1. The molecule has 7 nitrogen and oxygen atoms in total. The van der Waals surface area contributed by atoms with Crippen LogP contribution >= 0.6 is 11.3 Å². The first-order chi connectivity index (χ1) is 14.2. The maximum atomic E-state index is 12.5. The van der Waals surface area contributed by atoms with Crippen LogP contribution in [0.15, 0.2) is 48.1 Å². The second-order valence-electron chi connectivity index (χ2n) is 6.69. The van der Waals surface area contributed by atoms with Crippen LogP contribution < -0.4 is 5.32 Å². The number of rotatable bonds is 8. The van der Waals surface area contributed by atoms with Gasteiger partial charge in [-0.05, 0) is 19.1 Å². The number of aryl methyl sites for hydroxylation is 1. The zero-order valence-electron chi connectivity index (χ0n) is 16.5. The Bertz CT molecular complexity index is 1130. The molecule has 3 heterocycles. The molecule has 3 aromatic heterocycles. The second-order valence-corrected chi connectivity index (χ2v) is 7.55. The number of hydrogen-bond donors (Lipinski definition) is 1. The largest absolute Gasteiger partial charge is 0.383 e. The molecule has 0 aliphatic heterocycles. The summed E-state index contributed by atoms with van der Waals surface area (Å²) in [5, 5.41) is 6.72. The molecule has 4 aromatic rings. The summed E-state index contributed by atoms with van der Waals surface area (Å²) in [5.41, 5.74) is 2.58. The molecule has 0 radical (unpaired) electrons. The highest BCUT2D eigenvalue weighted by Gasteiger charge is 2.16. The number of carbonyl (C=O) groups excluding carboxylic acids is 1. The summed E-state index contributed by atoms with van der Waals surface area (Å²) in [6.07, 6.45) is 3.66. The molecule has 0 saturated carbocycles. The minimum absolute atomic E-state index is 0.162. The van der Waals surface area contributed by atoms with Crippen LogP contribution in [0.3, 0.4) is 0 Å². The summed E-state index contributed by atoms with van der Waals surface area (Å²) in [5.74, 6) is 0.768. The fourth-order valence-corrected chi connectivity index (χ4v) is 4.15. The lowest BCUT2D eigenvalue weighted by molar-refractivity contribution is 0.0948. The van der Waals surface area contributed by atoms with Gasteiger partial charge in [0.1, 0.15) is 16.5 Å². The highest BCUT2D eigenvalue weighted by Crippen LogP contribution is 2.30. The van der Waals surface area contributed by atoms with E-state index >= 15 is 0 Å². The maximum absolute atomic E-state index is 12.5. The van der Waals surface area contributed by atoms with Gasteiger partial charge in [-0.3, -0.25) is 4.79 Å².